The van der Waals surface area contributed by atoms with Crippen molar-refractivity contribution in [3.63, 3.8) is 0 Å². The summed E-state index contributed by atoms with van der Waals surface area (Å²) in [6.45, 7) is 2.08. The summed E-state index contributed by atoms with van der Waals surface area (Å²) >= 11 is 0. The standard InChI is InChI=1S/C7H8.C6H.2H2/c1-7-5-3-2-4-6-7;1-3-5-6-4-2;;/h2-6H,1H3;1H;2*1H/q;-1;;. The van der Waals surface area contributed by atoms with Gasteiger partial charge in [0.2, 0.25) is 0 Å². The molecule has 1 rings (SSSR count). The van der Waals surface area contributed by atoms with E-state index in [0.717, 1.165) is 0 Å². The molecule has 1 aromatic carbocycles. The van der Waals surface area contributed by atoms with E-state index in [2.05, 4.69) is 37.3 Å². The molecule has 0 saturated carbocycles. The highest BCUT2D eigenvalue weighted by Crippen LogP contribution is 1.92. The van der Waals surface area contributed by atoms with Crippen molar-refractivity contribution in [3.8, 4) is 30.1 Å². The van der Waals surface area contributed by atoms with E-state index in [0.29, 0.717) is 0 Å². The number of hydrogen-bond donors (Lipinski definition) is 0. The van der Waals surface area contributed by atoms with Crippen molar-refractivity contribution in [3.05, 3.63) is 42.3 Å². The molecule has 0 radical (unpaired) electrons. The second kappa shape index (κ2) is 8.00. The lowest BCUT2D eigenvalue weighted by molar-refractivity contribution is 1.48. The van der Waals surface area contributed by atoms with Gasteiger partial charge in [0.25, 0.3) is 0 Å². The van der Waals surface area contributed by atoms with Crippen LogP contribution < -0.4 is 0 Å². The second-order valence-corrected chi connectivity index (χ2v) is 2.17. The fraction of sp³-hybridized carbons (Fsp3) is 0.0769. The minimum atomic E-state index is 0. The zero-order valence-electron chi connectivity index (χ0n) is 7.46. The quantitative estimate of drug-likeness (QED) is 0.414. The Labute approximate surface area is 83.0 Å². The highest BCUT2D eigenvalue weighted by Gasteiger charge is 1.72. The third-order valence-electron chi connectivity index (χ3n) is 1.14. The molecule has 0 amide bonds. The van der Waals surface area contributed by atoms with Crippen LogP contribution in [0.5, 0.6) is 0 Å². The highest BCUT2D eigenvalue weighted by molar-refractivity contribution is 5.30. The molecule has 0 heteroatoms. The van der Waals surface area contributed by atoms with Crippen LogP contribution >= 0.6 is 0 Å². The Morgan fingerprint density at radius 1 is 1.23 bits per heavy atom. The first-order chi connectivity index (χ1) is 6.31. The lowest BCUT2D eigenvalue weighted by atomic mass is 10.2. The van der Waals surface area contributed by atoms with E-state index in [1.165, 1.54) is 5.56 Å². The van der Waals surface area contributed by atoms with Gasteiger partial charge < -0.3 is 6.42 Å². The number of benzene rings is 1. The van der Waals surface area contributed by atoms with Gasteiger partial charge in [-0.25, -0.2) is 5.92 Å². The topological polar surface area (TPSA) is 0 Å². The van der Waals surface area contributed by atoms with E-state index in [4.69, 9.17) is 6.42 Å². The molecule has 0 saturated heterocycles. The minimum absolute atomic E-state index is 0. The molecular formula is C13H13-. The molecule has 0 aliphatic carbocycles. The molecule has 13 heavy (non-hydrogen) atoms. The van der Waals surface area contributed by atoms with Gasteiger partial charge in [-0.1, -0.05) is 35.9 Å². The first kappa shape index (κ1) is 10.9. The molecule has 0 nitrogen and oxygen atoms in total. The molecule has 0 fully saturated rings. The smallest absolute Gasteiger partial charge is 0 e. The van der Waals surface area contributed by atoms with E-state index in [9.17, 15) is 0 Å². The molecule has 0 atom stereocenters. The van der Waals surface area contributed by atoms with Crippen molar-refractivity contribution >= 4 is 0 Å². The fourth-order valence-corrected chi connectivity index (χ4v) is 0.602. The highest BCUT2D eigenvalue weighted by atomic mass is 13.8. The predicted molar refractivity (Wildman–Crippen MR) is 59.1 cm³/mol. The van der Waals surface area contributed by atoms with Gasteiger partial charge in [0, 0.05) is 2.85 Å². The van der Waals surface area contributed by atoms with Gasteiger partial charge in [-0.3, -0.25) is 5.92 Å². The van der Waals surface area contributed by atoms with Crippen molar-refractivity contribution < 1.29 is 2.85 Å². The van der Waals surface area contributed by atoms with E-state index in [1.54, 1.807) is 0 Å². The van der Waals surface area contributed by atoms with Crippen LogP contribution in [0.2, 0.25) is 0 Å². The summed E-state index contributed by atoms with van der Waals surface area (Å²) in [5.41, 5.74) is 1.32. The van der Waals surface area contributed by atoms with Gasteiger partial charge in [0.05, 0.1) is 0 Å². The van der Waals surface area contributed by atoms with Crippen LogP contribution in [0.4, 0.5) is 0 Å². The molecule has 0 N–H and O–H groups in total. The Morgan fingerprint density at radius 3 is 2.08 bits per heavy atom. The maximum atomic E-state index is 6.19. The summed E-state index contributed by atoms with van der Waals surface area (Å²) in [6.07, 6.45) is 10.9. The molecule has 0 aliphatic heterocycles. The number of terminal acetylenes is 1. The van der Waals surface area contributed by atoms with E-state index >= 15 is 0 Å². The average Bonchev–Trinajstić information content (AvgIpc) is 2.17. The van der Waals surface area contributed by atoms with Crippen molar-refractivity contribution in [1.29, 1.82) is 0 Å². The van der Waals surface area contributed by atoms with Gasteiger partial charge in [0.15, 0.2) is 0 Å². The van der Waals surface area contributed by atoms with Crippen LogP contribution in [0.1, 0.15) is 8.42 Å². The molecule has 0 unspecified atom stereocenters. The normalized spacial score (nSPS) is 6.08. The van der Waals surface area contributed by atoms with E-state index in [-0.39, 0.29) is 2.85 Å². The van der Waals surface area contributed by atoms with Crippen LogP contribution in [-0.2, 0) is 0 Å². The lowest BCUT2D eigenvalue weighted by Crippen LogP contribution is -1.62. The molecule has 0 heterocycles. The van der Waals surface area contributed by atoms with Crippen molar-refractivity contribution in [2.45, 2.75) is 6.92 Å². The van der Waals surface area contributed by atoms with E-state index in [1.807, 2.05) is 30.0 Å². The Bertz CT molecular complexity index is 351. The van der Waals surface area contributed by atoms with Gasteiger partial charge in [0.1, 0.15) is 0 Å². The Balaban J connectivity index is -0.000000172. The monoisotopic (exact) mass is 169 g/mol. The maximum absolute atomic E-state index is 6.19. The second-order valence-electron chi connectivity index (χ2n) is 2.17. The Kier molecular flexibility index (Phi) is 6.71. The maximum Gasteiger partial charge on any atom is 0 e. The van der Waals surface area contributed by atoms with E-state index < -0.39 is 0 Å². The number of aryl methyl sites for hydroxylation is 1. The number of rotatable bonds is 0. The van der Waals surface area contributed by atoms with Gasteiger partial charge in [-0.2, -0.15) is 0 Å². The van der Waals surface area contributed by atoms with Crippen LogP contribution in [-0.4, -0.2) is 0 Å². The zero-order chi connectivity index (χ0) is 9.94. The SMILES string of the molecule is Cc1ccccc1.[C-]#CC#CC#C.[HH].[HH]. The molecule has 0 bridgehead atoms. The molecule has 1 aromatic rings. The van der Waals surface area contributed by atoms with Crippen LogP contribution in [0.25, 0.3) is 0 Å². The van der Waals surface area contributed by atoms with Crippen molar-refractivity contribution in [2.75, 3.05) is 0 Å². The van der Waals surface area contributed by atoms with Gasteiger partial charge in [-0.05, 0) is 12.8 Å². The Morgan fingerprint density at radius 2 is 1.85 bits per heavy atom. The first-order valence-electron chi connectivity index (χ1n) is 3.70. The van der Waals surface area contributed by atoms with Crippen molar-refractivity contribution in [2.24, 2.45) is 0 Å². The average molecular weight is 169 g/mol. The minimum Gasteiger partial charge on any atom is -0.358 e. The lowest BCUT2D eigenvalue weighted by Gasteiger charge is -1.82. The third-order valence-corrected chi connectivity index (χ3v) is 1.14. The summed E-state index contributed by atoms with van der Waals surface area (Å²) in [5, 5.41) is 0. The summed E-state index contributed by atoms with van der Waals surface area (Å²) in [5.74, 6) is 8.15. The summed E-state index contributed by atoms with van der Waals surface area (Å²) in [4.78, 5) is 0. The zero-order valence-corrected chi connectivity index (χ0v) is 7.46. The number of hydrogen-bond acceptors (Lipinski definition) is 0. The molecular weight excluding hydrogens is 156 g/mol. The molecule has 0 aliphatic rings. The van der Waals surface area contributed by atoms with Crippen LogP contribution in [0.3, 0.4) is 0 Å². The van der Waals surface area contributed by atoms with Crippen LogP contribution in [0.15, 0.2) is 30.3 Å². The molecule has 0 spiro atoms. The Hall–Kier alpha value is -2.10. The molecule has 66 valence electrons. The van der Waals surface area contributed by atoms with Gasteiger partial charge in [-0.15, -0.1) is 12.3 Å². The fourth-order valence-electron chi connectivity index (χ4n) is 0.602. The van der Waals surface area contributed by atoms with Crippen molar-refractivity contribution in [1.82, 2.24) is 0 Å². The summed E-state index contributed by atoms with van der Waals surface area (Å²) in [6, 6.07) is 10.3. The largest absolute Gasteiger partial charge is 0.358 e. The summed E-state index contributed by atoms with van der Waals surface area (Å²) < 4.78 is 0. The molecule has 0 aromatic heterocycles. The van der Waals surface area contributed by atoms with Crippen LogP contribution in [0, 0.1) is 43.5 Å². The third kappa shape index (κ3) is 7.80. The summed E-state index contributed by atoms with van der Waals surface area (Å²) in [7, 11) is 0. The first-order valence-corrected chi connectivity index (χ1v) is 3.70. The van der Waals surface area contributed by atoms with Gasteiger partial charge >= 0.3 is 0 Å². The predicted octanol–water partition coefficient (Wildman–Crippen LogP) is 2.70.